The molecule has 0 bridgehead atoms. The van der Waals surface area contributed by atoms with Gasteiger partial charge < -0.3 is 10.1 Å². The molecule has 0 aliphatic carbocycles. The molecule has 74 valence electrons. The van der Waals surface area contributed by atoms with E-state index in [1.165, 1.54) is 6.42 Å². The first-order valence-electron chi connectivity index (χ1n) is 4.95. The molecule has 0 aromatic carbocycles. The van der Waals surface area contributed by atoms with Crippen LogP contribution in [0.3, 0.4) is 0 Å². The van der Waals surface area contributed by atoms with Crippen molar-refractivity contribution >= 4 is 0 Å². The summed E-state index contributed by atoms with van der Waals surface area (Å²) >= 11 is 0. The fourth-order valence-electron chi connectivity index (χ4n) is 1.02. The van der Waals surface area contributed by atoms with Crippen molar-refractivity contribution in [3.63, 3.8) is 0 Å². The lowest BCUT2D eigenvalue weighted by molar-refractivity contribution is 0.0183. The minimum atomic E-state index is 0.319. The molecule has 0 aromatic rings. The van der Waals surface area contributed by atoms with Gasteiger partial charge in [-0.25, -0.2) is 0 Å². The molecule has 0 amide bonds. The van der Waals surface area contributed by atoms with E-state index in [9.17, 15) is 0 Å². The normalized spacial score (nSPS) is 16.5. The molecule has 0 rings (SSSR count). The topological polar surface area (TPSA) is 21.3 Å². The second kappa shape index (κ2) is 6.44. The van der Waals surface area contributed by atoms with Crippen LogP contribution >= 0.6 is 0 Å². The van der Waals surface area contributed by atoms with Crippen LogP contribution in [-0.4, -0.2) is 24.8 Å². The van der Waals surface area contributed by atoms with Gasteiger partial charge in [-0.15, -0.1) is 0 Å². The van der Waals surface area contributed by atoms with Crippen LogP contribution in [0.1, 0.15) is 41.0 Å². The number of ether oxygens (including phenoxy) is 1. The summed E-state index contributed by atoms with van der Waals surface area (Å²) in [6.07, 6.45) is 1.83. The molecule has 1 N–H and O–H groups in total. The van der Waals surface area contributed by atoms with Crippen LogP contribution in [0.2, 0.25) is 0 Å². The van der Waals surface area contributed by atoms with Gasteiger partial charge in [0, 0.05) is 12.6 Å². The zero-order chi connectivity index (χ0) is 9.56. The molecule has 0 fully saturated rings. The van der Waals surface area contributed by atoms with E-state index in [0.717, 1.165) is 6.54 Å². The van der Waals surface area contributed by atoms with Gasteiger partial charge in [0.1, 0.15) is 0 Å². The maximum Gasteiger partial charge on any atom is 0.0674 e. The molecule has 2 nitrogen and oxygen atoms in total. The van der Waals surface area contributed by atoms with Crippen LogP contribution in [-0.2, 0) is 4.74 Å². The highest BCUT2D eigenvalue weighted by atomic mass is 16.5. The monoisotopic (exact) mass is 173 g/mol. The Morgan fingerprint density at radius 2 is 1.75 bits per heavy atom. The first-order valence-corrected chi connectivity index (χ1v) is 4.95. The Morgan fingerprint density at radius 3 is 2.17 bits per heavy atom. The molecule has 0 aliphatic heterocycles. The van der Waals surface area contributed by atoms with E-state index in [1.54, 1.807) is 0 Å². The molecule has 0 aliphatic rings. The van der Waals surface area contributed by atoms with Crippen molar-refractivity contribution in [3.05, 3.63) is 0 Å². The number of rotatable bonds is 6. The molecule has 0 aromatic heterocycles. The Bertz CT molecular complexity index is 104. The highest BCUT2D eigenvalue weighted by molar-refractivity contribution is 4.62. The van der Waals surface area contributed by atoms with Crippen LogP contribution < -0.4 is 5.32 Å². The molecule has 0 radical (unpaired) electrons. The predicted octanol–water partition coefficient (Wildman–Crippen LogP) is 2.19. The summed E-state index contributed by atoms with van der Waals surface area (Å²) in [5, 5.41) is 3.41. The highest BCUT2D eigenvalue weighted by Crippen LogP contribution is 1.96. The van der Waals surface area contributed by atoms with Crippen LogP contribution in [0.15, 0.2) is 0 Å². The third-order valence-electron chi connectivity index (χ3n) is 1.87. The Kier molecular flexibility index (Phi) is 6.39. The first-order chi connectivity index (χ1) is 5.56. The lowest BCUT2D eigenvalue weighted by atomic mass is 10.2. The summed E-state index contributed by atoms with van der Waals surface area (Å²) in [6, 6.07) is 0.600. The zero-order valence-corrected chi connectivity index (χ0v) is 9.05. The van der Waals surface area contributed by atoms with Gasteiger partial charge in [0.25, 0.3) is 0 Å². The Labute approximate surface area is 76.7 Å². The third kappa shape index (κ3) is 6.62. The lowest BCUT2D eigenvalue weighted by Gasteiger charge is -2.19. The van der Waals surface area contributed by atoms with Crippen molar-refractivity contribution in [2.24, 2.45) is 0 Å². The molecular weight excluding hydrogens is 150 g/mol. The van der Waals surface area contributed by atoms with Gasteiger partial charge in [-0.1, -0.05) is 6.92 Å². The number of hydrogen-bond acceptors (Lipinski definition) is 2. The molecule has 0 spiro atoms. The van der Waals surface area contributed by atoms with Gasteiger partial charge in [0.05, 0.1) is 12.2 Å². The van der Waals surface area contributed by atoms with E-state index in [-0.39, 0.29) is 0 Å². The average molecular weight is 173 g/mol. The fourth-order valence-corrected chi connectivity index (χ4v) is 1.02. The fraction of sp³-hybridized carbons (Fsp3) is 1.00. The van der Waals surface area contributed by atoms with Gasteiger partial charge in [-0.05, 0) is 34.1 Å². The highest BCUT2D eigenvalue weighted by Gasteiger charge is 2.05. The largest absolute Gasteiger partial charge is 0.375 e. The van der Waals surface area contributed by atoms with Crippen molar-refractivity contribution in [2.45, 2.75) is 59.3 Å². The Morgan fingerprint density at radius 1 is 1.17 bits per heavy atom. The molecule has 2 heteroatoms. The van der Waals surface area contributed by atoms with Crippen LogP contribution in [0.5, 0.6) is 0 Å². The number of hydrogen-bond donors (Lipinski definition) is 1. The minimum Gasteiger partial charge on any atom is -0.375 e. The summed E-state index contributed by atoms with van der Waals surface area (Å²) in [4.78, 5) is 0. The Hall–Kier alpha value is -0.0800. The van der Waals surface area contributed by atoms with Gasteiger partial charge in [-0.2, -0.15) is 0 Å². The maximum absolute atomic E-state index is 5.58. The quantitative estimate of drug-likeness (QED) is 0.665. The molecule has 0 saturated heterocycles. The van der Waals surface area contributed by atoms with E-state index in [0.29, 0.717) is 18.2 Å². The van der Waals surface area contributed by atoms with Gasteiger partial charge >= 0.3 is 0 Å². The van der Waals surface area contributed by atoms with Gasteiger partial charge in [0.15, 0.2) is 0 Å². The summed E-state index contributed by atoms with van der Waals surface area (Å²) < 4.78 is 5.58. The van der Waals surface area contributed by atoms with Crippen molar-refractivity contribution in [1.29, 1.82) is 0 Å². The van der Waals surface area contributed by atoms with E-state index < -0.39 is 0 Å². The summed E-state index contributed by atoms with van der Waals surface area (Å²) in [6.45, 7) is 11.6. The lowest BCUT2D eigenvalue weighted by Crippen LogP contribution is -2.34. The molecule has 0 saturated carbocycles. The van der Waals surface area contributed by atoms with Crippen molar-refractivity contribution in [3.8, 4) is 0 Å². The molecular formula is C10H23NO. The van der Waals surface area contributed by atoms with Gasteiger partial charge in [0.2, 0.25) is 0 Å². The third-order valence-corrected chi connectivity index (χ3v) is 1.87. The molecule has 0 heterocycles. The second-order valence-electron chi connectivity index (χ2n) is 3.71. The maximum atomic E-state index is 5.58. The summed E-state index contributed by atoms with van der Waals surface area (Å²) in [5.41, 5.74) is 0. The van der Waals surface area contributed by atoms with Crippen molar-refractivity contribution in [2.75, 3.05) is 6.54 Å². The first kappa shape index (κ1) is 11.9. The van der Waals surface area contributed by atoms with Crippen LogP contribution in [0, 0.1) is 0 Å². The van der Waals surface area contributed by atoms with E-state index >= 15 is 0 Å². The standard InChI is InChI=1S/C10H23NO/c1-6-9(4)11-7-10(5)12-8(2)3/h8-11H,6-7H2,1-5H3. The van der Waals surface area contributed by atoms with Crippen molar-refractivity contribution < 1.29 is 4.74 Å². The molecule has 2 atom stereocenters. The zero-order valence-electron chi connectivity index (χ0n) is 9.05. The van der Waals surface area contributed by atoms with Crippen LogP contribution in [0.4, 0.5) is 0 Å². The predicted molar refractivity (Wildman–Crippen MR) is 53.4 cm³/mol. The molecule has 2 unspecified atom stereocenters. The second-order valence-corrected chi connectivity index (χ2v) is 3.71. The SMILES string of the molecule is CCC(C)NCC(C)OC(C)C. The molecule has 12 heavy (non-hydrogen) atoms. The van der Waals surface area contributed by atoms with Crippen molar-refractivity contribution in [1.82, 2.24) is 5.32 Å². The average Bonchev–Trinajstić information content (AvgIpc) is 1.99. The van der Waals surface area contributed by atoms with E-state index in [4.69, 9.17) is 4.74 Å². The smallest absolute Gasteiger partial charge is 0.0674 e. The van der Waals surface area contributed by atoms with E-state index in [2.05, 4.69) is 39.9 Å². The van der Waals surface area contributed by atoms with E-state index in [1.807, 2.05) is 0 Å². The number of nitrogens with one attached hydrogen (secondary N) is 1. The van der Waals surface area contributed by atoms with Gasteiger partial charge in [-0.3, -0.25) is 0 Å². The minimum absolute atomic E-state index is 0.319. The summed E-state index contributed by atoms with van der Waals surface area (Å²) in [5.74, 6) is 0. The Balaban J connectivity index is 3.36. The van der Waals surface area contributed by atoms with Crippen LogP contribution in [0.25, 0.3) is 0 Å². The summed E-state index contributed by atoms with van der Waals surface area (Å²) in [7, 11) is 0.